The van der Waals surface area contributed by atoms with Gasteiger partial charge >= 0.3 is 6.18 Å². The highest BCUT2D eigenvalue weighted by molar-refractivity contribution is 5.85. The van der Waals surface area contributed by atoms with E-state index in [1.54, 1.807) is 12.1 Å². The third-order valence-corrected chi connectivity index (χ3v) is 2.60. The highest BCUT2D eigenvalue weighted by atomic mass is 19.4. The third-order valence-electron chi connectivity index (χ3n) is 2.60. The van der Waals surface area contributed by atoms with Crippen LogP contribution in [-0.4, -0.2) is 30.0 Å². The number of rotatable bonds is 0. The molecule has 1 aliphatic rings. The maximum atomic E-state index is 12.9. The van der Waals surface area contributed by atoms with E-state index in [0.717, 1.165) is 0 Å². The molecular formula is C11H11F3N2O2. The number of para-hydroxylation sites is 2. The second kappa shape index (κ2) is 4.16. The molecule has 0 saturated heterocycles. The van der Waals surface area contributed by atoms with E-state index in [1.165, 1.54) is 19.2 Å². The standard InChI is InChI=1S/C11H11F3N2O2/c1-18-9-6-10(17,11(12,13)14)16-8-5-3-2-4-7(8)15-9/h2-5,16-17H,6H2,1H3/t10-/m1/s1. The number of methoxy groups -OCH3 is 1. The minimum Gasteiger partial charge on any atom is -0.484 e. The molecule has 0 aromatic heterocycles. The van der Waals surface area contributed by atoms with Crippen molar-refractivity contribution in [1.29, 1.82) is 0 Å². The number of benzene rings is 1. The van der Waals surface area contributed by atoms with Gasteiger partial charge in [-0.1, -0.05) is 12.1 Å². The van der Waals surface area contributed by atoms with Crippen molar-refractivity contribution in [2.24, 2.45) is 4.99 Å². The van der Waals surface area contributed by atoms with Crippen LogP contribution in [0.15, 0.2) is 29.3 Å². The van der Waals surface area contributed by atoms with Gasteiger partial charge in [0.25, 0.3) is 0 Å². The monoisotopic (exact) mass is 260 g/mol. The Bertz CT molecular complexity index is 487. The molecule has 0 bridgehead atoms. The molecule has 18 heavy (non-hydrogen) atoms. The number of fused-ring (bicyclic) bond motifs is 1. The van der Waals surface area contributed by atoms with Crippen LogP contribution in [0.2, 0.25) is 0 Å². The summed E-state index contributed by atoms with van der Waals surface area (Å²) in [6.45, 7) is 0. The Labute approximate surface area is 101 Å². The molecule has 1 aromatic carbocycles. The zero-order valence-corrected chi connectivity index (χ0v) is 9.45. The van der Waals surface area contributed by atoms with E-state index in [2.05, 4.69) is 10.3 Å². The van der Waals surface area contributed by atoms with Crippen LogP contribution in [0.25, 0.3) is 0 Å². The molecule has 0 spiro atoms. The van der Waals surface area contributed by atoms with Gasteiger partial charge in [0.1, 0.15) is 0 Å². The summed E-state index contributed by atoms with van der Waals surface area (Å²) < 4.78 is 43.4. The predicted octanol–water partition coefficient (Wildman–Crippen LogP) is 2.43. The van der Waals surface area contributed by atoms with E-state index in [9.17, 15) is 18.3 Å². The lowest BCUT2D eigenvalue weighted by atomic mass is 10.1. The van der Waals surface area contributed by atoms with Crippen LogP contribution in [-0.2, 0) is 4.74 Å². The Balaban J connectivity index is 2.51. The van der Waals surface area contributed by atoms with E-state index >= 15 is 0 Å². The Morgan fingerprint density at radius 2 is 2.06 bits per heavy atom. The summed E-state index contributed by atoms with van der Waals surface area (Å²) in [5.41, 5.74) is -2.70. The number of hydrogen-bond donors (Lipinski definition) is 2. The molecule has 1 aromatic rings. The third kappa shape index (κ3) is 2.13. The zero-order valence-electron chi connectivity index (χ0n) is 9.45. The maximum Gasteiger partial charge on any atom is 0.436 e. The van der Waals surface area contributed by atoms with Crippen LogP contribution in [0.1, 0.15) is 6.42 Å². The van der Waals surface area contributed by atoms with Crippen molar-refractivity contribution in [3.8, 4) is 0 Å². The van der Waals surface area contributed by atoms with Crippen molar-refractivity contribution < 1.29 is 23.0 Å². The van der Waals surface area contributed by atoms with Crippen LogP contribution < -0.4 is 5.32 Å². The van der Waals surface area contributed by atoms with Crippen LogP contribution in [0.4, 0.5) is 24.5 Å². The molecule has 0 aliphatic carbocycles. The van der Waals surface area contributed by atoms with Gasteiger partial charge < -0.3 is 15.2 Å². The number of ether oxygens (including phenoxy) is 1. The van der Waals surface area contributed by atoms with Gasteiger partial charge in [-0.2, -0.15) is 13.2 Å². The van der Waals surface area contributed by atoms with E-state index in [0.29, 0.717) is 0 Å². The molecule has 1 heterocycles. The zero-order chi connectivity index (χ0) is 13.4. The first-order valence-electron chi connectivity index (χ1n) is 5.13. The van der Waals surface area contributed by atoms with Gasteiger partial charge in [-0.05, 0) is 12.1 Å². The lowest BCUT2D eigenvalue weighted by molar-refractivity contribution is -0.245. The average Bonchev–Trinajstić information content (AvgIpc) is 2.44. The lowest BCUT2D eigenvalue weighted by Gasteiger charge is -2.30. The summed E-state index contributed by atoms with van der Waals surface area (Å²) in [6.07, 6.45) is -5.63. The fourth-order valence-corrected chi connectivity index (χ4v) is 1.63. The molecule has 4 nitrogen and oxygen atoms in total. The number of hydrogen-bond acceptors (Lipinski definition) is 4. The summed E-state index contributed by atoms with van der Waals surface area (Å²) >= 11 is 0. The Kier molecular flexibility index (Phi) is 2.94. The van der Waals surface area contributed by atoms with Gasteiger partial charge in [-0.15, -0.1) is 0 Å². The minimum atomic E-state index is -4.84. The van der Waals surface area contributed by atoms with Crippen molar-refractivity contribution in [3.05, 3.63) is 24.3 Å². The Morgan fingerprint density at radius 1 is 1.39 bits per heavy atom. The summed E-state index contributed by atoms with van der Waals surface area (Å²) in [6, 6.07) is 6.13. The normalized spacial score (nSPS) is 23.5. The van der Waals surface area contributed by atoms with E-state index in [4.69, 9.17) is 4.74 Å². The second-order valence-corrected chi connectivity index (χ2v) is 3.89. The fraction of sp³-hybridized carbons (Fsp3) is 0.364. The van der Waals surface area contributed by atoms with Crippen molar-refractivity contribution in [1.82, 2.24) is 0 Å². The Morgan fingerprint density at radius 3 is 2.67 bits per heavy atom. The number of aliphatic hydroxyl groups is 1. The van der Waals surface area contributed by atoms with Crippen molar-refractivity contribution in [3.63, 3.8) is 0 Å². The molecule has 0 unspecified atom stereocenters. The van der Waals surface area contributed by atoms with Crippen molar-refractivity contribution >= 4 is 17.3 Å². The number of nitrogens with one attached hydrogen (secondary N) is 1. The van der Waals surface area contributed by atoms with Gasteiger partial charge in [0, 0.05) is 0 Å². The molecular weight excluding hydrogens is 249 g/mol. The topological polar surface area (TPSA) is 53.8 Å². The SMILES string of the molecule is COC1=Nc2ccccc2N[C@](O)(C(F)(F)F)C1. The molecule has 1 aliphatic heterocycles. The Hall–Kier alpha value is -1.76. The number of aliphatic imine (C=N–C) groups is 1. The first-order chi connectivity index (χ1) is 8.36. The number of alkyl halides is 3. The quantitative estimate of drug-likeness (QED) is 0.753. The first kappa shape index (κ1) is 12.7. The molecule has 0 saturated carbocycles. The number of nitrogens with zero attached hydrogens (tertiary/aromatic N) is 1. The largest absolute Gasteiger partial charge is 0.484 e. The highest BCUT2D eigenvalue weighted by Crippen LogP contribution is 2.39. The summed E-state index contributed by atoms with van der Waals surface area (Å²) in [4.78, 5) is 3.94. The molecule has 1 atom stereocenters. The van der Waals surface area contributed by atoms with Crippen LogP contribution in [0.3, 0.4) is 0 Å². The van der Waals surface area contributed by atoms with Gasteiger partial charge in [-0.25, -0.2) is 4.99 Å². The minimum absolute atomic E-state index is 0.101. The molecule has 0 radical (unpaired) electrons. The van der Waals surface area contributed by atoms with Gasteiger partial charge in [0.15, 0.2) is 5.90 Å². The van der Waals surface area contributed by atoms with Gasteiger partial charge in [0.2, 0.25) is 5.72 Å². The molecule has 7 heteroatoms. The molecule has 0 amide bonds. The number of anilines is 1. The second-order valence-electron chi connectivity index (χ2n) is 3.89. The van der Waals surface area contributed by atoms with Crippen LogP contribution in [0, 0.1) is 0 Å². The van der Waals surface area contributed by atoms with E-state index in [1.807, 2.05) is 0 Å². The van der Waals surface area contributed by atoms with Crippen LogP contribution in [0.5, 0.6) is 0 Å². The smallest absolute Gasteiger partial charge is 0.436 e. The summed E-state index contributed by atoms with van der Waals surface area (Å²) in [5.74, 6) is -0.188. The number of halogens is 3. The van der Waals surface area contributed by atoms with Crippen molar-refractivity contribution in [2.45, 2.75) is 18.3 Å². The summed E-state index contributed by atoms with van der Waals surface area (Å²) in [7, 11) is 1.21. The first-order valence-corrected chi connectivity index (χ1v) is 5.13. The molecule has 0 fully saturated rings. The molecule has 98 valence electrons. The van der Waals surface area contributed by atoms with Gasteiger partial charge in [-0.3, -0.25) is 0 Å². The van der Waals surface area contributed by atoms with Gasteiger partial charge in [0.05, 0.1) is 24.9 Å². The van der Waals surface area contributed by atoms with Crippen LogP contribution >= 0.6 is 0 Å². The lowest BCUT2D eigenvalue weighted by Crippen LogP contribution is -2.53. The molecule has 2 N–H and O–H groups in total. The molecule has 2 rings (SSSR count). The average molecular weight is 260 g/mol. The predicted molar refractivity (Wildman–Crippen MR) is 59.8 cm³/mol. The highest BCUT2D eigenvalue weighted by Gasteiger charge is 2.56. The van der Waals surface area contributed by atoms with E-state index < -0.39 is 18.3 Å². The summed E-state index contributed by atoms with van der Waals surface area (Å²) in [5, 5.41) is 11.8. The maximum absolute atomic E-state index is 12.9. The van der Waals surface area contributed by atoms with E-state index in [-0.39, 0.29) is 17.3 Å². The van der Waals surface area contributed by atoms with Crippen molar-refractivity contribution in [2.75, 3.05) is 12.4 Å². The fourth-order valence-electron chi connectivity index (χ4n) is 1.63.